The van der Waals surface area contributed by atoms with Crippen LogP contribution in [0.25, 0.3) is 0 Å². The van der Waals surface area contributed by atoms with Crippen LogP contribution in [0.3, 0.4) is 0 Å². The molecule has 0 heterocycles. The molecule has 0 aliphatic rings. The molecule has 0 bridgehead atoms. The summed E-state index contributed by atoms with van der Waals surface area (Å²) in [6.45, 7) is 6.79. The van der Waals surface area contributed by atoms with E-state index in [1.165, 1.54) is 6.21 Å². The first kappa shape index (κ1) is 18.8. The molecule has 132 valence electrons. The van der Waals surface area contributed by atoms with Gasteiger partial charge in [-0.1, -0.05) is 17.7 Å². The minimum atomic E-state index is -0.331. The van der Waals surface area contributed by atoms with E-state index >= 15 is 0 Å². The van der Waals surface area contributed by atoms with Crippen LogP contribution >= 0.6 is 11.6 Å². The Bertz CT molecular complexity index is 775. The zero-order valence-electron chi connectivity index (χ0n) is 14.5. The third-order valence-corrected chi connectivity index (χ3v) is 3.81. The van der Waals surface area contributed by atoms with E-state index < -0.39 is 0 Å². The first-order chi connectivity index (χ1) is 12.0. The van der Waals surface area contributed by atoms with Gasteiger partial charge in [-0.15, -0.1) is 0 Å². The second-order valence-electron chi connectivity index (χ2n) is 5.23. The monoisotopic (exact) mass is 360 g/mol. The molecule has 0 aromatic heterocycles. The highest BCUT2D eigenvalue weighted by Gasteiger charge is 2.07. The van der Waals surface area contributed by atoms with E-state index in [0.29, 0.717) is 29.5 Å². The van der Waals surface area contributed by atoms with Crippen molar-refractivity contribution in [2.24, 2.45) is 5.10 Å². The Morgan fingerprint density at radius 2 is 1.92 bits per heavy atom. The minimum Gasteiger partial charge on any atom is -0.494 e. The number of hydrogen-bond donors (Lipinski definition) is 1. The number of hydrazone groups is 1. The highest BCUT2D eigenvalue weighted by Crippen LogP contribution is 2.24. The second-order valence-corrected chi connectivity index (χ2v) is 5.64. The number of carbonyl (C=O) groups is 1. The fourth-order valence-electron chi connectivity index (χ4n) is 2.12. The molecule has 0 aliphatic heterocycles. The first-order valence-corrected chi connectivity index (χ1v) is 8.42. The Balaban J connectivity index is 2.10. The molecular weight excluding hydrogens is 340 g/mol. The molecule has 0 atom stereocenters. The zero-order chi connectivity index (χ0) is 18.2. The summed E-state index contributed by atoms with van der Waals surface area (Å²) in [5.74, 6) is 1.04. The van der Waals surface area contributed by atoms with Gasteiger partial charge in [-0.05, 0) is 50.6 Å². The summed E-state index contributed by atoms with van der Waals surface area (Å²) in [6, 6.07) is 10.6. The van der Waals surface area contributed by atoms with E-state index in [9.17, 15) is 4.79 Å². The van der Waals surface area contributed by atoms with Crippen molar-refractivity contribution < 1.29 is 14.3 Å². The fourth-order valence-corrected chi connectivity index (χ4v) is 2.30. The zero-order valence-corrected chi connectivity index (χ0v) is 15.3. The summed E-state index contributed by atoms with van der Waals surface area (Å²) in [6.07, 6.45) is 1.54. The number of benzene rings is 2. The van der Waals surface area contributed by atoms with E-state index in [-0.39, 0.29) is 5.91 Å². The number of rotatable bonds is 7. The average molecular weight is 361 g/mol. The van der Waals surface area contributed by atoms with Crippen molar-refractivity contribution in [1.82, 2.24) is 5.43 Å². The number of hydrogen-bond acceptors (Lipinski definition) is 4. The third-order valence-electron chi connectivity index (χ3n) is 3.40. The summed E-state index contributed by atoms with van der Waals surface area (Å²) in [5, 5.41) is 4.54. The molecule has 1 amide bonds. The molecule has 5 nitrogen and oxygen atoms in total. The largest absolute Gasteiger partial charge is 0.494 e. The van der Waals surface area contributed by atoms with Gasteiger partial charge in [0.15, 0.2) is 0 Å². The van der Waals surface area contributed by atoms with Gasteiger partial charge >= 0.3 is 0 Å². The van der Waals surface area contributed by atoms with Crippen LogP contribution < -0.4 is 14.9 Å². The number of carbonyl (C=O) groups excluding carboxylic acids is 1. The maximum atomic E-state index is 12.1. The summed E-state index contributed by atoms with van der Waals surface area (Å²) >= 11 is 6.04. The van der Waals surface area contributed by atoms with E-state index in [1.54, 1.807) is 24.3 Å². The van der Waals surface area contributed by atoms with Crippen molar-refractivity contribution in [1.29, 1.82) is 0 Å². The highest BCUT2D eigenvalue weighted by molar-refractivity contribution is 6.31. The molecule has 0 unspecified atom stereocenters. The number of nitrogens with one attached hydrogen (secondary N) is 1. The summed E-state index contributed by atoms with van der Waals surface area (Å²) in [5.41, 5.74) is 4.59. The lowest BCUT2D eigenvalue weighted by atomic mass is 10.1. The van der Waals surface area contributed by atoms with Gasteiger partial charge in [-0.25, -0.2) is 5.43 Å². The summed E-state index contributed by atoms with van der Waals surface area (Å²) in [4.78, 5) is 12.1. The first-order valence-electron chi connectivity index (χ1n) is 8.04. The molecule has 0 saturated carbocycles. The lowest BCUT2D eigenvalue weighted by Crippen LogP contribution is -2.17. The van der Waals surface area contributed by atoms with Crippen LogP contribution in [0.15, 0.2) is 41.5 Å². The second kappa shape index (κ2) is 9.08. The molecule has 1 N–H and O–H groups in total. The number of aryl methyl sites for hydroxylation is 1. The van der Waals surface area contributed by atoms with Crippen molar-refractivity contribution in [3.63, 3.8) is 0 Å². The fraction of sp³-hybridized carbons (Fsp3) is 0.263. The number of halogens is 1. The van der Waals surface area contributed by atoms with Crippen LogP contribution in [-0.4, -0.2) is 25.3 Å². The Hall–Kier alpha value is -2.53. The predicted molar refractivity (Wildman–Crippen MR) is 100 cm³/mol. The lowest BCUT2D eigenvalue weighted by molar-refractivity contribution is 0.0955. The van der Waals surface area contributed by atoms with Crippen LogP contribution in [0.5, 0.6) is 11.5 Å². The quantitative estimate of drug-likeness (QED) is 0.594. The SMILES string of the molecule is CCOc1ccc(/C=N\NC(=O)c2ccc(C)c(Cl)c2)c(OCC)c1. The predicted octanol–water partition coefficient (Wildman–Crippen LogP) is 4.21. The number of ether oxygens (including phenoxy) is 2. The summed E-state index contributed by atoms with van der Waals surface area (Å²) in [7, 11) is 0. The van der Waals surface area contributed by atoms with Crippen LogP contribution in [-0.2, 0) is 0 Å². The van der Waals surface area contributed by atoms with Crippen LogP contribution in [0.2, 0.25) is 5.02 Å². The molecule has 6 heteroatoms. The molecule has 2 rings (SSSR count). The van der Waals surface area contributed by atoms with Gasteiger partial charge in [0.05, 0.1) is 19.4 Å². The highest BCUT2D eigenvalue weighted by atomic mass is 35.5. The van der Waals surface area contributed by atoms with Gasteiger partial charge in [0, 0.05) is 22.2 Å². The molecule has 0 radical (unpaired) electrons. The minimum absolute atomic E-state index is 0.331. The van der Waals surface area contributed by atoms with Gasteiger partial charge in [0.1, 0.15) is 11.5 Å². The molecular formula is C19H21ClN2O3. The molecule has 2 aromatic carbocycles. The van der Waals surface area contributed by atoms with Gasteiger partial charge in [0.2, 0.25) is 0 Å². The van der Waals surface area contributed by atoms with E-state index in [1.807, 2.05) is 32.9 Å². The van der Waals surface area contributed by atoms with Gasteiger partial charge < -0.3 is 9.47 Å². The normalized spacial score (nSPS) is 10.7. The Morgan fingerprint density at radius 3 is 2.60 bits per heavy atom. The van der Waals surface area contributed by atoms with Gasteiger partial charge in [-0.2, -0.15) is 5.10 Å². The van der Waals surface area contributed by atoms with E-state index in [0.717, 1.165) is 16.9 Å². The smallest absolute Gasteiger partial charge is 0.271 e. The van der Waals surface area contributed by atoms with Crippen molar-refractivity contribution in [2.75, 3.05) is 13.2 Å². The maximum Gasteiger partial charge on any atom is 0.271 e. The van der Waals surface area contributed by atoms with Crippen molar-refractivity contribution in [3.8, 4) is 11.5 Å². The third kappa shape index (κ3) is 5.22. The Kier molecular flexibility index (Phi) is 6.83. The average Bonchev–Trinajstić information content (AvgIpc) is 2.59. The molecule has 0 saturated heterocycles. The summed E-state index contributed by atoms with van der Waals surface area (Å²) < 4.78 is 11.1. The van der Waals surface area contributed by atoms with Crippen molar-refractivity contribution in [3.05, 3.63) is 58.1 Å². The van der Waals surface area contributed by atoms with Crippen LogP contribution in [0, 0.1) is 6.92 Å². The lowest BCUT2D eigenvalue weighted by Gasteiger charge is -2.10. The number of amides is 1. The van der Waals surface area contributed by atoms with Gasteiger partial charge in [0.25, 0.3) is 5.91 Å². The van der Waals surface area contributed by atoms with Crippen LogP contribution in [0.1, 0.15) is 35.3 Å². The van der Waals surface area contributed by atoms with E-state index in [4.69, 9.17) is 21.1 Å². The van der Waals surface area contributed by atoms with Crippen molar-refractivity contribution >= 4 is 23.7 Å². The number of nitrogens with zero attached hydrogens (tertiary/aromatic N) is 1. The van der Waals surface area contributed by atoms with E-state index in [2.05, 4.69) is 10.5 Å². The molecule has 2 aromatic rings. The Morgan fingerprint density at radius 1 is 1.16 bits per heavy atom. The molecule has 0 spiro atoms. The molecule has 0 fully saturated rings. The topological polar surface area (TPSA) is 59.9 Å². The van der Waals surface area contributed by atoms with Gasteiger partial charge in [-0.3, -0.25) is 4.79 Å². The van der Waals surface area contributed by atoms with Crippen molar-refractivity contribution in [2.45, 2.75) is 20.8 Å². The maximum absolute atomic E-state index is 12.1. The molecule has 25 heavy (non-hydrogen) atoms. The standard InChI is InChI=1S/C19H21ClN2O3/c1-4-24-16-9-8-15(18(11-16)25-5-2)12-21-22-19(23)14-7-6-13(3)17(20)10-14/h6-12H,4-5H2,1-3H3,(H,22,23)/b21-12-. The Labute approximate surface area is 152 Å². The molecule has 0 aliphatic carbocycles. The van der Waals surface area contributed by atoms with Crippen LogP contribution in [0.4, 0.5) is 0 Å².